The van der Waals surface area contributed by atoms with Gasteiger partial charge in [0.1, 0.15) is 0 Å². The van der Waals surface area contributed by atoms with Gasteiger partial charge in [0.2, 0.25) is 30.1 Å². The zero-order valence-corrected chi connectivity index (χ0v) is 19.7. The van der Waals surface area contributed by atoms with Gasteiger partial charge in [0.05, 0.1) is 15.5 Å². The number of hydrogen-bond donors (Lipinski definition) is 0. The molecule has 9 nitrogen and oxygen atoms in total. The highest BCUT2D eigenvalue weighted by Gasteiger charge is 2.33. The molecule has 30 heavy (non-hydrogen) atoms. The van der Waals surface area contributed by atoms with E-state index in [0.717, 1.165) is 12.8 Å². The molecule has 1 aromatic carbocycles. The number of hydrogen-bond acceptors (Lipinski definition) is 6. The van der Waals surface area contributed by atoms with Gasteiger partial charge < -0.3 is 0 Å². The van der Waals surface area contributed by atoms with Gasteiger partial charge in [-0.3, -0.25) is 0 Å². The normalized spacial score (nSPS) is 23.5. The first kappa shape index (κ1) is 23.6. The highest BCUT2D eigenvalue weighted by molar-refractivity contribution is 7.90. The molecule has 2 fully saturated rings. The third-order valence-corrected chi connectivity index (χ3v) is 11.3. The Hall–Kier alpha value is -1.05. The Bertz CT molecular complexity index is 1060. The van der Waals surface area contributed by atoms with Gasteiger partial charge >= 0.3 is 0 Å². The summed E-state index contributed by atoms with van der Waals surface area (Å²) in [7, 11) is -10.8. The molecule has 0 saturated carbocycles. The van der Waals surface area contributed by atoms with Gasteiger partial charge in [0.15, 0.2) is 0 Å². The van der Waals surface area contributed by atoms with E-state index in [4.69, 9.17) is 0 Å². The summed E-state index contributed by atoms with van der Waals surface area (Å²) in [4.78, 5) is 0.0784. The Balaban J connectivity index is 1.74. The van der Waals surface area contributed by atoms with Gasteiger partial charge in [-0.25, -0.2) is 25.3 Å². The standard InChI is InChI=1S/C18H29N3O6S3/c1-3-28(22,23)19-11-13-20(14-12-19)29(24,25)17-6-8-18(9-7-17)30(26,27)21-10-4-5-16(2)15-21/h6-9,16H,3-5,10-15H2,1-2H3. The van der Waals surface area contributed by atoms with Crippen LogP contribution in [0.4, 0.5) is 0 Å². The lowest BCUT2D eigenvalue weighted by atomic mass is 10.0. The largest absolute Gasteiger partial charge is 0.243 e. The summed E-state index contributed by atoms with van der Waals surface area (Å²) < 4.78 is 79.5. The summed E-state index contributed by atoms with van der Waals surface area (Å²) in [6.07, 6.45) is 1.81. The van der Waals surface area contributed by atoms with Crippen LogP contribution in [0.25, 0.3) is 0 Å². The maximum atomic E-state index is 12.9. The summed E-state index contributed by atoms with van der Waals surface area (Å²) in [6, 6.07) is 5.29. The molecule has 170 valence electrons. The van der Waals surface area contributed by atoms with Crippen LogP contribution in [-0.4, -0.2) is 83.2 Å². The second kappa shape index (κ2) is 8.83. The second-order valence-corrected chi connectivity index (χ2v) is 13.9. The first-order chi connectivity index (χ1) is 14.0. The quantitative estimate of drug-likeness (QED) is 0.596. The summed E-state index contributed by atoms with van der Waals surface area (Å²) >= 11 is 0. The van der Waals surface area contributed by atoms with Crippen molar-refractivity contribution in [2.24, 2.45) is 5.92 Å². The third-order valence-electron chi connectivity index (χ3n) is 5.67. The van der Waals surface area contributed by atoms with Crippen molar-refractivity contribution in [3.8, 4) is 0 Å². The fraction of sp³-hybridized carbons (Fsp3) is 0.667. The number of piperazine rings is 1. The summed E-state index contributed by atoms with van der Waals surface area (Å²) in [5.41, 5.74) is 0. The van der Waals surface area contributed by atoms with Gasteiger partial charge in [0, 0.05) is 39.3 Å². The third kappa shape index (κ3) is 4.73. The van der Waals surface area contributed by atoms with Gasteiger partial charge in [0.25, 0.3) is 0 Å². The zero-order chi connectivity index (χ0) is 22.2. The number of rotatable bonds is 6. The molecule has 0 bridgehead atoms. The molecule has 0 amide bonds. The lowest BCUT2D eigenvalue weighted by molar-refractivity contribution is 0.273. The van der Waals surface area contributed by atoms with Gasteiger partial charge in [-0.15, -0.1) is 0 Å². The molecule has 0 aliphatic carbocycles. The minimum Gasteiger partial charge on any atom is -0.212 e. The fourth-order valence-electron chi connectivity index (χ4n) is 3.82. The molecule has 2 saturated heterocycles. The first-order valence-electron chi connectivity index (χ1n) is 10.1. The van der Waals surface area contributed by atoms with E-state index in [0.29, 0.717) is 19.0 Å². The lowest BCUT2D eigenvalue weighted by Crippen LogP contribution is -2.50. The molecule has 0 N–H and O–H groups in total. The minimum absolute atomic E-state index is 0.000242. The molecule has 12 heteroatoms. The van der Waals surface area contributed by atoms with Crippen LogP contribution in [0.15, 0.2) is 34.1 Å². The highest BCUT2D eigenvalue weighted by Crippen LogP contribution is 2.25. The summed E-state index contributed by atoms with van der Waals surface area (Å²) in [5, 5.41) is 0. The molecule has 2 heterocycles. The molecular formula is C18H29N3O6S3. The smallest absolute Gasteiger partial charge is 0.212 e. The van der Waals surface area contributed by atoms with Crippen molar-refractivity contribution in [3.63, 3.8) is 0 Å². The molecular weight excluding hydrogens is 450 g/mol. The molecule has 1 unspecified atom stereocenters. The molecule has 2 aliphatic heterocycles. The lowest BCUT2D eigenvalue weighted by Gasteiger charge is -2.33. The highest BCUT2D eigenvalue weighted by atomic mass is 32.2. The summed E-state index contributed by atoms with van der Waals surface area (Å²) in [6.45, 7) is 4.84. The van der Waals surface area contributed by atoms with Crippen molar-refractivity contribution < 1.29 is 25.3 Å². The average molecular weight is 480 g/mol. The molecule has 2 aliphatic rings. The Kier molecular flexibility index (Phi) is 6.95. The van der Waals surface area contributed by atoms with Crippen molar-refractivity contribution in [2.45, 2.75) is 36.5 Å². The zero-order valence-electron chi connectivity index (χ0n) is 17.3. The van der Waals surface area contributed by atoms with Crippen LogP contribution in [0.2, 0.25) is 0 Å². The van der Waals surface area contributed by atoms with Crippen LogP contribution < -0.4 is 0 Å². The van der Waals surface area contributed by atoms with Crippen molar-refractivity contribution in [1.29, 1.82) is 0 Å². The molecule has 1 atom stereocenters. The monoisotopic (exact) mass is 479 g/mol. The molecule has 3 rings (SSSR count). The van der Waals surface area contributed by atoms with Crippen LogP contribution in [0.5, 0.6) is 0 Å². The van der Waals surface area contributed by atoms with E-state index in [9.17, 15) is 25.3 Å². The van der Waals surface area contributed by atoms with E-state index in [2.05, 4.69) is 0 Å². The topological polar surface area (TPSA) is 112 Å². The second-order valence-electron chi connectivity index (χ2n) is 7.79. The molecule has 0 radical (unpaired) electrons. The van der Waals surface area contributed by atoms with Gasteiger partial charge in [-0.05, 0) is 49.9 Å². The summed E-state index contributed by atoms with van der Waals surface area (Å²) in [5.74, 6) is 0.272. The van der Waals surface area contributed by atoms with E-state index in [1.807, 2.05) is 6.92 Å². The van der Waals surface area contributed by atoms with Crippen molar-refractivity contribution in [2.75, 3.05) is 45.0 Å². The van der Waals surface area contributed by atoms with Crippen molar-refractivity contribution >= 4 is 30.1 Å². The molecule has 0 spiro atoms. The number of benzene rings is 1. The maximum Gasteiger partial charge on any atom is 0.243 e. The number of sulfonamides is 3. The van der Waals surface area contributed by atoms with Crippen LogP contribution in [-0.2, 0) is 30.1 Å². The van der Waals surface area contributed by atoms with Gasteiger partial charge in [-0.2, -0.15) is 12.9 Å². The van der Waals surface area contributed by atoms with Crippen molar-refractivity contribution in [3.05, 3.63) is 24.3 Å². The van der Waals surface area contributed by atoms with Crippen LogP contribution in [0, 0.1) is 5.92 Å². The van der Waals surface area contributed by atoms with Crippen molar-refractivity contribution in [1.82, 2.24) is 12.9 Å². The van der Waals surface area contributed by atoms with E-state index in [1.54, 1.807) is 6.92 Å². The fourth-order valence-corrected chi connectivity index (χ4v) is 7.92. The number of nitrogens with zero attached hydrogens (tertiary/aromatic N) is 3. The maximum absolute atomic E-state index is 12.9. The van der Waals surface area contributed by atoms with E-state index < -0.39 is 30.1 Å². The van der Waals surface area contributed by atoms with E-state index in [1.165, 1.54) is 37.2 Å². The Morgan fingerprint density at radius 2 is 1.23 bits per heavy atom. The predicted octanol–water partition coefficient (Wildman–Crippen LogP) is 0.763. The minimum atomic E-state index is -3.83. The Labute approximate surface area is 179 Å². The van der Waals surface area contributed by atoms with E-state index in [-0.39, 0.29) is 41.7 Å². The number of piperidine rings is 1. The Morgan fingerprint density at radius 3 is 1.70 bits per heavy atom. The molecule has 1 aromatic rings. The van der Waals surface area contributed by atoms with Crippen LogP contribution in [0.3, 0.4) is 0 Å². The van der Waals surface area contributed by atoms with Crippen LogP contribution in [0.1, 0.15) is 26.7 Å². The molecule has 0 aromatic heterocycles. The van der Waals surface area contributed by atoms with Gasteiger partial charge in [-0.1, -0.05) is 6.92 Å². The van der Waals surface area contributed by atoms with E-state index >= 15 is 0 Å². The predicted molar refractivity (Wildman–Crippen MR) is 113 cm³/mol. The SMILES string of the molecule is CCS(=O)(=O)N1CCN(S(=O)(=O)c2ccc(S(=O)(=O)N3CCCC(C)C3)cc2)CC1. The van der Waals surface area contributed by atoms with Crippen LogP contribution >= 0.6 is 0 Å². The Morgan fingerprint density at radius 1 is 0.767 bits per heavy atom. The first-order valence-corrected chi connectivity index (χ1v) is 14.6. The average Bonchev–Trinajstić information content (AvgIpc) is 2.74.